The molecule has 0 unspecified atom stereocenters. The van der Waals surface area contributed by atoms with E-state index in [0.717, 1.165) is 17.5 Å². The Morgan fingerprint density at radius 2 is 1.82 bits per heavy atom. The van der Waals surface area contributed by atoms with Gasteiger partial charge in [-0.15, -0.1) is 0 Å². The molecular weight excluding hydrogens is 422 g/mol. The van der Waals surface area contributed by atoms with Gasteiger partial charge in [-0.1, -0.05) is 42.5 Å². The Balaban J connectivity index is 1.49. The van der Waals surface area contributed by atoms with Gasteiger partial charge in [-0.05, 0) is 49.4 Å². The lowest BCUT2D eigenvalue weighted by molar-refractivity contribution is -0.145. The molecule has 176 valence electrons. The third kappa shape index (κ3) is 7.05. The average Bonchev–Trinajstić information content (AvgIpc) is 3.32. The summed E-state index contributed by atoms with van der Waals surface area (Å²) in [7, 11) is 0. The van der Waals surface area contributed by atoms with Crippen LogP contribution in [0.15, 0.2) is 54.6 Å². The SMILES string of the molecule is CCOC(=O)COc1ccc(CNC(=O)[C@@H]2CCCN2C(=O)[C@@H](N)Cc2ccccc2)cc1. The summed E-state index contributed by atoms with van der Waals surface area (Å²) in [5.74, 6) is -0.263. The fourth-order valence-corrected chi connectivity index (χ4v) is 3.83. The molecular formula is C25H31N3O5. The molecule has 1 fully saturated rings. The number of carbonyl (C=O) groups excluding carboxylic acids is 3. The monoisotopic (exact) mass is 453 g/mol. The number of carbonyl (C=O) groups is 3. The van der Waals surface area contributed by atoms with Crippen molar-refractivity contribution in [1.29, 1.82) is 0 Å². The van der Waals surface area contributed by atoms with Crippen LogP contribution in [-0.4, -0.2) is 54.5 Å². The van der Waals surface area contributed by atoms with Crippen LogP contribution in [0, 0.1) is 0 Å². The third-order valence-electron chi connectivity index (χ3n) is 5.51. The highest BCUT2D eigenvalue weighted by molar-refractivity contribution is 5.90. The number of ether oxygens (including phenoxy) is 2. The first-order valence-electron chi connectivity index (χ1n) is 11.2. The van der Waals surface area contributed by atoms with Crippen LogP contribution < -0.4 is 15.8 Å². The molecule has 0 aliphatic carbocycles. The molecule has 1 saturated heterocycles. The number of likely N-dealkylation sites (tertiary alicyclic amines) is 1. The van der Waals surface area contributed by atoms with Gasteiger partial charge in [0.15, 0.2) is 6.61 Å². The number of esters is 1. The summed E-state index contributed by atoms with van der Waals surface area (Å²) in [4.78, 5) is 38.7. The van der Waals surface area contributed by atoms with Crippen LogP contribution in [-0.2, 0) is 32.1 Å². The Hall–Kier alpha value is -3.39. The van der Waals surface area contributed by atoms with Crippen molar-refractivity contribution in [3.05, 3.63) is 65.7 Å². The summed E-state index contributed by atoms with van der Waals surface area (Å²) >= 11 is 0. The van der Waals surface area contributed by atoms with Crippen LogP contribution in [0.4, 0.5) is 0 Å². The number of benzene rings is 2. The smallest absolute Gasteiger partial charge is 0.344 e. The van der Waals surface area contributed by atoms with E-state index in [1.165, 1.54) is 0 Å². The zero-order valence-corrected chi connectivity index (χ0v) is 18.9. The number of nitrogens with one attached hydrogen (secondary N) is 1. The first kappa shape index (κ1) is 24.3. The van der Waals surface area contributed by atoms with Crippen molar-refractivity contribution in [1.82, 2.24) is 10.2 Å². The third-order valence-corrected chi connectivity index (χ3v) is 5.51. The number of rotatable bonds is 10. The van der Waals surface area contributed by atoms with Gasteiger partial charge in [0.25, 0.3) is 0 Å². The Morgan fingerprint density at radius 1 is 1.09 bits per heavy atom. The Bertz CT molecular complexity index is 933. The minimum Gasteiger partial charge on any atom is -0.482 e. The molecule has 2 atom stereocenters. The molecule has 1 aliphatic heterocycles. The molecule has 0 radical (unpaired) electrons. The maximum absolute atomic E-state index is 12.9. The van der Waals surface area contributed by atoms with E-state index in [1.54, 1.807) is 24.0 Å². The first-order valence-corrected chi connectivity index (χ1v) is 11.2. The highest BCUT2D eigenvalue weighted by atomic mass is 16.6. The fourth-order valence-electron chi connectivity index (χ4n) is 3.83. The van der Waals surface area contributed by atoms with Gasteiger partial charge in [-0.3, -0.25) is 9.59 Å². The standard InChI is InChI=1S/C25H31N3O5/c1-2-32-23(29)17-33-20-12-10-19(11-13-20)16-27-24(30)22-9-6-14-28(22)25(31)21(26)15-18-7-4-3-5-8-18/h3-5,7-8,10-13,21-22H,2,6,9,14-17,26H2,1H3,(H,27,30)/t21-,22-/m0/s1. The van der Waals surface area contributed by atoms with Crippen LogP contribution in [0.5, 0.6) is 5.75 Å². The first-order chi connectivity index (χ1) is 16.0. The highest BCUT2D eigenvalue weighted by Gasteiger charge is 2.35. The summed E-state index contributed by atoms with van der Waals surface area (Å²) < 4.78 is 10.2. The van der Waals surface area contributed by atoms with Gasteiger partial charge in [-0.25, -0.2) is 4.79 Å². The van der Waals surface area contributed by atoms with Gasteiger partial charge in [0.1, 0.15) is 11.8 Å². The van der Waals surface area contributed by atoms with Crippen LogP contribution in [0.25, 0.3) is 0 Å². The van der Waals surface area contributed by atoms with Gasteiger partial charge >= 0.3 is 5.97 Å². The Kier molecular flexibility index (Phi) is 8.83. The Morgan fingerprint density at radius 3 is 2.52 bits per heavy atom. The molecule has 8 nitrogen and oxygen atoms in total. The highest BCUT2D eigenvalue weighted by Crippen LogP contribution is 2.20. The van der Waals surface area contributed by atoms with Crippen molar-refractivity contribution < 1.29 is 23.9 Å². The number of nitrogens with two attached hydrogens (primary N) is 1. The molecule has 2 amide bonds. The summed E-state index contributed by atoms with van der Waals surface area (Å²) in [5.41, 5.74) is 8.04. The minimum atomic E-state index is -0.678. The molecule has 3 rings (SSSR count). The topological polar surface area (TPSA) is 111 Å². The maximum atomic E-state index is 12.9. The van der Waals surface area contributed by atoms with Crippen LogP contribution in [0.3, 0.4) is 0 Å². The molecule has 0 bridgehead atoms. The molecule has 2 aromatic rings. The average molecular weight is 454 g/mol. The van der Waals surface area contributed by atoms with E-state index in [4.69, 9.17) is 15.2 Å². The van der Waals surface area contributed by atoms with Crippen LogP contribution in [0.1, 0.15) is 30.9 Å². The van der Waals surface area contributed by atoms with Gasteiger partial charge in [-0.2, -0.15) is 0 Å². The second kappa shape index (κ2) is 12.0. The van der Waals surface area contributed by atoms with E-state index >= 15 is 0 Å². The lowest BCUT2D eigenvalue weighted by atomic mass is 10.1. The van der Waals surface area contributed by atoms with Crippen molar-refractivity contribution in [3.63, 3.8) is 0 Å². The number of amides is 2. The summed E-state index contributed by atoms with van der Waals surface area (Å²) in [6.07, 6.45) is 1.83. The van der Waals surface area contributed by atoms with Crippen LogP contribution >= 0.6 is 0 Å². The van der Waals surface area contributed by atoms with Crippen molar-refractivity contribution in [2.75, 3.05) is 19.8 Å². The van der Waals surface area contributed by atoms with Gasteiger partial charge < -0.3 is 25.4 Å². The second-order valence-electron chi connectivity index (χ2n) is 7.94. The zero-order chi connectivity index (χ0) is 23.6. The second-order valence-corrected chi connectivity index (χ2v) is 7.94. The van der Waals surface area contributed by atoms with Crippen molar-refractivity contribution in [3.8, 4) is 5.75 Å². The van der Waals surface area contributed by atoms with Crippen molar-refractivity contribution in [2.24, 2.45) is 5.73 Å². The van der Waals surface area contributed by atoms with Crippen molar-refractivity contribution in [2.45, 2.75) is 44.8 Å². The molecule has 0 saturated carbocycles. The lowest BCUT2D eigenvalue weighted by Crippen LogP contribution is -2.51. The summed E-state index contributed by atoms with van der Waals surface area (Å²) in [6.45, 7) is 2.75. The molecule has 3 N–H and O–H groups in total. The van der Waals surface area contributed by atoms with Gasteiger partial charge in [0, 0.05) is 13.1 Å². The minimum absolute atomic E-state index is 0.151. The number of hydrogen-bond donors (Lipinski definition) is 2. The van der Waals surface area contributed by atoms with E-state index < -0.39 is 18.1 Å². The normalized spacial score (nSPS) is 16.2. The van der Waals surface area contributed by atoms with E-state index in [0.29, 0.717) is 38.3 Å². The van der Waals surface area contributed by atoms with Crippen LogP contribution in [0.2, 0.25) is 0 Å². The predicted octanol–water partition coefficient (Wildman–Crippen LogP) is 1.81. The number of nitrogens with zero attached hydrogens (tertiary/aromatic N) is 1. The zero-order valence-electron chi connectivity index (χ0n) is 18.9. The fraction of sp³-hybridized carbons (Fsp3) is 0.400. The Labute approximate surface area is 194 Å². The van der Waals surface area contributed by atoms with Gasteiger partial charge in [0.05, 0.1) is 12.6 Å². The predicted molar refractivity (Wildman–Crippen MR) is 123 cm³/mol. The molecule has 8 heteroatoms. The molecule has 2 aromatic carbocycles. The maximum Gasteiger partial charge on any atom is 0.344 e. The van der Waals surface area contributed by atoms with E-state index in [1.807, 2.05) is 42.5 Å². The molecule has 0 spiro atoms. The molecule has 1 heterocycles. The lowest BCUT2D eigenvalue weighted by Gasteiger charge is -2.26. The summed E-state index contributed by atoms with van der Waals surface area (Å²) in [5, 5.41) is 2.91. The molecule has 1 aliphatic rings. The van der Waals surface area contributed by atoms with E-state index in [-0.39, 0.29) is 18.4 Å². The largest absolute Gasteiger partial charge is 0.482 e. The summed E-state index contributed by atoms with van der Waals surface area (Å²) in [6, 6.07) is 15.5. The number of hydrogen-bond acceptors (Lipinski definition) is 6. The quantitative estimate of drug-likeness (QED) is 0.531. The molecule has 0 aromatic heterocycles. The van der Waals surface area contributed by atoms with E-state index in [2.05, 4.69) is 5.32 Å². The van der Waals surface area contributed by atoms with Crippen molar-refractivity contribution >= 4 is 17.8 Å². The molecule has 33 heavy (non-hydrogen) atoms. The van der Waals surface area contributed by atoms with E-state index in [9.17, 15) is 14.4 Å². The van der Waals surface area contributed by atoms with Gasteiger partial charge in [0.2, 0.25) is 11.8 Å².